The van der Waals surface area contributed by atoms with E-state index >= 15 is 0 Å². The highest BCUT2D eigenvalue weighted by Gasteiger charge is 2.30. The van der Waals surface area contributed by atoms with Gasteiger partial charge in [0.25, 0.3) is 0 Å². The molecule has 0 aliphatic heterocycles. The Morgan fingerprint density at radius 2 is 1.21 bits per heavy atom. The number of benzene rings is 1. The predicted octanol–water partition coefficient (Wildman–Crippen LogP) is 8.13. The second-order valence-corrected chi connectivity index (χ2v) is 8.30. The summed E-state index contributed by atoms with van der Waals surface area (Å²) in [6.45, 7) is 6.68. The van der Waals surface area contributed by atoms with Crippen molar-refractivity contribution in [1.29, 1.82) is 0 Å². The molecule has 0 unspecified atom stereocenters. The second-order valence-electron chi connectivity index (χ2n) is 8.30. The third-order valence-corrected chi connectivity index (χ3v) is 5.92. The smallest absolute Gasteiger partial charge is 0.200 e. The lowest BCUT2D eigenvalue weighted by molar-refractivity contribution is 0.0377. The molecule has 0 aliphatic rings. The zero-order valence-electron chi connectivity index (χ0n) is 18.6. The maximum atomic E-state index is 10.2. The number of unbranched alkanes of at least 4 members (excludes halogenated alkanes) is 10. The Morgan fingerprint density at radius 1 is 0.714 bits per heavy atom. The molecule has 28 heavy (non-hydrogen) atoms. The molecule has 0 heterocycles. The molecular formula is C25H44O3. The first-order valence-electron chi connectivity index (χ1n) is 11.8. The molecule has 0 fully saturated rings. The Hall–Kier alpha value is -1.38. The Morgan fingerprint density at radius 3 is 1.71 bits per heavy atom. The number of ether oxygens (including phenoxy) is 1. The van der Waals surface area contributed by atoms with E-state index in [9.17, 15) is 10.2 Å². The summed E-state index contributed by atoms with van der Waals surface area (Å²) in [5.41, 5.74) is -0.249. The first-order valence-corrected chi connectivity index (χ1v) is 11.8. The van der Waals surface area contributed by atoms with Crippen molar-refractivity contribution in [2.24, 2.45) is 0 Å². The molecule has 1 aromatic rings. The molecule has 3 nitrogen and oxygen atoms in total. The van der Waals surface area contributed by atoms with E-state index in [1.807, 2.05) is 0 Å². The van der Waals surface area contributed by atoms with E-state index in [-0.39, 0.29) is 17.1 Å². The van der Waals surface area contributed by atoms with E-state index in [0.29, 0.717) is 5.75 Å². The zero-order chi connectivity index (χ0) is 20.7. The van der Waals surface area contributed by atoms with Crippen molar-refractivity contribution in [2.45, 2.75) is 123 Å². The average Bonchev–Trinajstić information content (AvgIpc) is 2.70. The van der Waals surface area contributed by atoms with Gasteiger partial charge < -0.3 is 14.9 Å². The molecule has 0 radical (unpaired) electrons. The maximum Gasteiger partial charge on any atom is 0.200 e. The molecule has 3 heteroatoms. The minimum absolute atomic E-state index is 0.110. The van der Waals surface area contributed by atoms with E-state index in [2.05, 4.69) is 20.8 Å². The number of phenols is 2. The lowest BCUT2D eigenvalue weighted by Gasteiger charge is -2.34. The van der Waals surface area contributed by atoms with Gasteiger partial charge in [0.1, 0.15) is 5.60 Å². The van der Waals surface area contributed by atoms with Gasteiger partial charge in [-0.15, -0.1) is 0 Å². The topological polar surface area (TPSA) is 49.7 Å². The minimum atomic E-state index is -0.249. The van der Waals surface area contributed by atoms with Crippen LogP contribution in [-0.2, 0) is 0 Å². The van der Waals surface area contributed by atoms with Crippen LogP contribution in [0.4, 0.5) is 0 Å². The van der Waals surface area contributed by atoms with E-state index < -0.39 is 0 Å². The number of rotatable bonds is 17. The molecule has 1 aromatic carbocycles. The lowest BCUT2D eigenvalue weighted by Crippen LogP contribution is -2.35. The van der Waals surface area contributed by atoms with Crippen LogP contribution in [0.1, 0.15) is 117 Å². The Labute approximate surface area is 173 Å². The number of hydrogen-bond acceptors (Lipinski definition) is 3. The highest BCUT2D eigenvalue weighted by Crippen LogP contribution is 2.40. The van der Waals surface area contributed by atoms with E-state index in [0.717, 1.165) is 32.1 Å². The molecule has 0 saturated carbocycles. The van der Waals surface area contributed by atoms with Gasteiger partial charge in [-0.2, -0.15) is 0 Å². The molecule has 0 atom stereocenters. The maximum absolute atomic E-state index is 10.2. The van der Waals surface area contributed by atoms with Crippen LogP contribution in [0.25, 0.3) is 0 Å². The summed E-state index contributed by atoms with van der Waals surface area (Å²) >= 11 is 0. The number of para-hydroxylation sites is 1. The normalized spacial score (nSPS) is 11.7. The van der Waals surface area contributed by atoms with Crippen molar-refractivity contribution in [3.8, 4) is 17.2 Å². The fourth-order valence-corrected chi connectivity index (χ4v) is 3.93. The monoisotopic (exact) mass is 392 g/mol. The summed E-state index contributed by atoms with van der Waals surface area (Å²) < 4.78 is 6.41. The highest BCUT2D eigenvalue weighted by molar-refractivity contribution is 5.49. The molecule has 2 N–H and O–H groups in total. The number of phenolic OH excluding ortho intramolecular Hbond substituents is 2. The quantitative estimate of drug-likeness (QED) is 0.208. The molecule has 0 bridgehead atoms. The summed E-state index contributed by atoms with van der Waals surface area (Å²) in [5, 5.41) is 20.1. The Kier molecular flexibility index (Phi) is 12.9. The third-order valence-electron chi connectivity index (χ3n) is 5.92. The molecule has 0 saturated heterocycles. The van der Waals surface area contributed by atoms with Gasteiger partial charge in [-0.3, -0.25) is 0 Å². The Balaban J connectivity index is 2.68. The first-order chi connectivity index (χ1) is 13.6. The molecule has 0 aromatic heterocycles. The zero-order valence-corrected chi connectivity index (χ0v) is 18.6. The standard InChI is InChI=1S/C25H44O3/c1-4-7-9-11-13-15-20-25(6-3,21-16-14-12-10-8-5-2)28-23-19-17-18-22(26)24(23)27/h17-19,26-27H,4-16,20-21H2,1-3H3. The van der Waals surface area contributed by atoms with E-state index in [1.54, 1.807) is 12.1 Å². The molecule has 0 aliphatic carbocycles. The van der Waals surface area contributed by atoms with Crippen LogP contribution >= 0.6 is 0 Å². The number of aromatic hydroxyl groups is 2. The van der Waals surface area contributed by atoms with Gasteiger partial charge in [0.05, 0.1) is 0 Å². The lowest BCUT2D eigenvalue weighted by atomic mass is 9.87. The highest BCUT2D eigenvalue weighted by atomic mass is 16.5. The van der Waals surface area contributed by atoms with Gasteiger partial charge in [0.2, 0.25) is 5.75 Å². The fourth-order valence-electron chi connectivity index (χ4n) is 3.93. The molecular weight excluding hydrogens is 348 g/mol. The van der Waals surface area contributed by atoms with Crippen molar-refractivity contribution < 1.29 is 14.9 Å². The molecule has 0 amide bonds. The van der Waals surface area contributed by atoms with Crippen LogP contribution in [0.15, 0.2) is 18.2 Å². The van der Waals surface area contributed by atoms with E-state index in [1.165, 1.54) is 70.3 Å². The van der Waals surface area contributed by atoms with Crippen molar-refractivity contribution in [3.05, 3.63) is 18.2 Å². The summed E-state index contributed by atoms with van der Waals surface area (Å²) in [6.07, 6.45) is 18.2. The predicted molar refractivity (Wildman–Crippen MR) is 119 cm³/mol. The first kappa shape index (κ1) is 24.7. The summed E-state index contributed by atoms with van der Waals surface area (Å²) in [5.74, 6) is 0.173. The van der Waals surface area contributed by atoms with Crippen molar-refractivity contribution in [1.82, 2.24) is 0 Å². The fraction of sp³-hybridized carbons (Fsp3) is 0.760. The van der Waals surface area contributed by atoms with E-state index in [4.69, 9.17) is 4.74 Å². The van der Waals surface area contributed by atoms with Gasteiger partial charge in [-0.05, 0) is 44.2 Å². The van der Waals surface area contributed by atoms with Gasteiger partial charge in [0.15, 0.2) is 11.5 Å². The largest absolute Gasteiger partial charge is 0.504 e. The summed E-state index contributed by atoms with van der Waals surface area (Å²) in [4.78, 5) is 0. The van der Waals surface area contributed by atoms with Crippen molar-refractivity contribution in [3.63, 3.8) is 0 Å². The SMILES string of the molecule is CCCCCCCCC(CC)(CCCCCCCC)Oc1cccc(O)c1O. The summed E-state index contributed by atoms with van der Waals surface area (Å²) in [6, 6.07) is 5.00. The van der Waals surface area contributed by atoms with Crippen LogP contribution in [0, 0.1) is 0 Å². The van der Waals surface area contributed by atoms with Crippen molar-refractivity contribution in [2.75, 3.05) is 0 Å². The van der Waals surface area contributed by atoms with Gasteiger partial charge in [-0.1, -0.05) is 91.0 Å². The average molecular weight is 393 g/mol. The molecule has 0 spiro atoms. The third kappa shape index (κ3) is 9.21. The summed E-state index contributed by atoms with van der Waals surface area (Å²) in [7, 11) is 0. The Bertz CT molecular complexity index is 497. The van der Waals surface area contributed by atoms with Gasteiger partial charge >= 0.3 is 0 Å². The number of hydrogen-bond donors (Lipinski definition) is 2. The molecule has 1 rings (SSSR count). The molecule has 162 valence electrons. The van der Waals surface area contributed by atoms with Crippen LogP contribution in [-0.4, -0.2) is 15.8 Å². The van der Waals surface area contributed by atoms with Crippen LogP contribution in [0.3, 0.4) is 0 Å². The van der Waals surface area contributed by atoms with Crippen LogP contribution in [0.2, 0.25) is 0 Å². The van der Waals surface area contributed by atoms with Gasteiger partial charge in [0, 0.05) is 0 Å². The van der Waals surface area contributed by atoms with Gasteiger partial charge in [-0.25, -0.2) is 0 Å². The van der Waals surface area contributed by atoms with Crippen LogP contribution < -0.4 is 4.74 Å². The minimum Gasteiger partial charge on any atom is -0.504 e. The second kappa shape index (κ2) is 14.6. The van der Waals surface area contributed by atoms with Crippen molar-refractivity contribution >= 4 is 0 Å². The van der Waals surface area contributed by atoms with Crippen LogP contribution in [0.5, 0.6) is 17.2 Å².